The number of halogens is 3. The number of aromatic nitrogens is 1. The fourth-order valence-corrected chi connectivity index (χ4v) is 6.13. The highest BCUT2D eigenvalue weighted by Gasteiger charge is 2.35. The van der Waals surface area contributed by atoms with E-state index in [0.717, 1.165) is 33.8 Å². The molecule has 0 aliphatic rings. The van der Waals surface area contributed by atoms with Crippen molar-refractivity contribution < 1.29 is 36.2 Å². The van der Waals surface area contributed by atoms with Crippen LogP contribution in [0.1, 0.15) is 46.6 Å². The van der Waals surface area contributed by atoms with Gasteiger partial charge in [-0.2, -0.15) is 21.6 Å². The highest BCUT2D eigenvalue weighted by Crippen LogP contribution is 2.39. The molecule has 12 heteroatoms. The molecule has 3 rings (SSSR count). The van der Waals surface area contributed by atoms with Crippen LogP contribution in [0, 0.1) is 19.8 Å². The molecule has 0 aliphatic heterocycles. The molecule has 0 saturated heterocycles. The van der Waals surface area contributed by atoms with Gasteiger partial charge in [0, 0.05) is 17.6 Å². The quantitative estimate of drug-likeness (QED) is 0.361. The monoisotopic (exact) mass is 542 g/mol. The molecule has 7 nitrogen and oxygen atoms in total. The summed E-state index contributed by atoms with van der Waals surface area (Å²) in [5.74, 6) is -1.55. The summed E-state index contributed by atoms with van der Waals surface area (Å²) in [4.78, 5) is 15.3. The number of carboxylic acid groups (broad SMARTS) is 1. The van der Waals surface area contributed by atoms with Gasteiger partial charge in [-0.25, -0.2) is 9.78 Å². The number of aryl methyl sites for hydroxylation is 2. The molecule has 0 atom stereocenters. The molecule has 36 heavy (non-hydrogen) atoms. The molecule has 1 N–H and O–H groups in total. The first-order chi connectivity index (χ1) is 16.7. The number of hydrogen-bond acceptors (Lipinski definition) is 6. The van der Waals surface area contributed by atoms with Crippen molar-refractivity contribution in [2.45, 2.75) is 44.8 Å². The van der Waals surface area contributed by atoms with Crippen LogP contribution < -0.4 is 9.04 Å². The van der Waals surface area contributed by atoms with Crippen LogP contribution in [0.25, 0.3) is 0 Å². The lowest BCUT2D eigenvalue weighted by atomic mass is 10.1. The highest BCUT2D eigenvalue weighted by atomic mass is 32.2. The first-order valence-electron chi connectivity index (χ1n) is 10.8. The topological polar surface area (TPSA) is 96.8 Å². The van der Waals surface area contributed by atoms with Gasteiger partial charge in [0.2, 0.25) is 4.34 Å². The Morgan fingerprint density at radius 2 is 1.86 bits per heavy atom. The number of aromatic carboxylic acids is 1. The Bertz CT molecular complexity index is 1370. The molecule has 0 saturated carbocycles. The maximum atomic E-state index is 13.5. The van der Waals surface area contributed by atoms with Gasteiger partial charge in [-0.05, 0) is 61.2 Å². The van der Waals surface area contributed by atoms with Gasteiger partial charge in [-0.3, -0.25) is 4.31 Å². The Kier molecular flexibility index (Phi) is 7.99. The van der Waals surface area contributed by atoms with Crippen molar-refractivity contribution in [2.24, 2.45) is 5.92 Å². The van der Waals surface area contributed by atoms with Crippen LogP contribution >= 0.6 is 11.3 Å². The van der Waals surface area contributed by atoms with E-state index in [-0.39, 0.29) is 40.4 Å². The number of hydrogen-bond donors (Lipinski definition) is 1. The Hall–Kier alpha value is -3.12. The molecule has 0 amide bonds. The number of carboxylic acids is 1. The Labute approximate surface area is 211 Å². The lowest BCUT2D eigenvalue weighted by molar-refractivity contribution is -0.137. The van der Waals surface area contributed by atoms with Crippen LogP contribution in [0.4, 0.5) is 18.9 Å². The molecule has 1 heterocycles. The fraction of sp³-hybridized carbons (Fsp3) is 0.333. The molecular formula is C24H25F3N2O5S2. The minimum atomic E-state index is -4.68. The number of anilines is 1. The lowest BCUT2D eigenvalue weighted by Gasteiger charge is -2.27. The second-order valence-corrected chi connectivity index (χ2v) is 11.5. The molecule has 0 radical (unpaired) electrons. The normalized spacial score (nSPS) is 12.1. The summed E-state index contributed by atoms with van der Waals surface area (Å²) in [5, 5.41) is 10.7. The molecule has 0 spiro atoms. The number of alkyl halides is 3. The maximum Gasteiger partial charge on any atom is 0.416 e. The van der Waals surface area contributed by atoms with E-state index in [2.05, 4.69) is 4.98 Å². The second-order valence-electron chi connectivity index (χ2n) is 8.60. The standard InChI is InChI=1S/C24H25F3N2O5S2/c1-14(2)11-29(36(32,33)23-28-16(4)13-35-23)20-8-7-19(24(25,26)27)10-21(20)34-12-18-6-5-17(22(30)31)9-15(18)3/h5-10,13-14H,11-12H2,1-4H3,(H,30,31). The molecule has 0 aliphatic carbocycles. The van der Waals surface area contributed by atoms with Crippen molar-refractivity contribution in [3.8, 4) is 5.75 Å². The van der Waals surface area contributed by atoms with E-state index in [0.29, 0.717) is 16.8 Å². The second kappa shape index (κ2) is 10.5. The van der Waals surface area contributed by atoms with E-state index in [1.54, 1.807) is 33.1 Å². The van der Waals surface area contributed by atoms with Crippen molar-refractivity contribution >= 4 is 33.0 Å². The van der Waals surface area contributed by atoms with Crippen molar-refractivity contribution in [3.05, 3.63) is 69.7 Å². The summed E-state index contributed by atoms with van der Waals surface area (Å²) in [6.45, 7) is 6.65. The minimum absolute atomic E-state index is 0.0188. The molecule has 0 fully saturated rings. The van der Waals surface area contributed by atoms with E-state index < -0.39 is 27.7 Å². The van der Waals surface area contributed by atoms with E-state index in [1.165, 1.54) is 18.2 Å². The van der Waals surface area contributed by atoms with Gasteiger partial charge in [0.15, 0.2) is 0 Å². The minimum Gasteiger partial charge on any atom is -0.487 e. The zero-order valence-electron chi connectivity index (χ0n) is 20.0. The third-order valence-corrected chi connectivity index (χ3v) is 8.30. The molecule has 1 aromatic heterocycles. The van der Waals surface area contributed by atoms with Crippen molar-refractivity contribution in [3.63, 3.8) is 0 Å². The fourth-order valence-electron chi connectivity index (χ4n) is 3.36. The number of nitrogens with zero attached hydrogens (tertiary/aromatic N) is 2. The Morgan fingerprint density at radius 1 is 1.17 bits per heavy atom. The van der Waals surface area contributed by atoms with E-state index in [4.69, 9.17) is 9.84 Å². The summed E-state index contributed by atoms with van der Waals surface area (Å²) < 4.78 is 74.1. The number of benzene rings is 2. The Balaban J connectivity index is 2.09. The SMILES string of the molecule is Cc1csc(S(=O)(=O)N(CC(C)C)c2ccc(C(F)(F)F)cc2OCc2ccc(C(=O)O)cc2C)n1. The number of carbonyl (C=O) groups is 1. The number of rotatable bonds is 9. The largest absolute Gasteiger partial charge is 0.487 e. The lowest BCUT2D eigenvalue weighted by Crippen LogP contribution is -2.34. The number of thiazole rings is 1. The molecule has 3 aromatic rings. The van der Waals surface area contributed by atoms with Crippen LogP contribution in [0.3, 0.4) is 0 Å². The molecular weight excluding hydrogens is 517 g/mol. The first-order valence-corrected chi connectivity index (χ1v) is 13.1. The van der Waals surface area contributed by atoms with Gasteiger partial charge in [0.05, 0.1) is 16.8 Å². The molecule has 0 bridgehead atoms. The third-order valence-electron chi connectivity index (χ3n) is 5.17. The zero-order valence-corrected chi connectivity index (χ0v) is 21.6. The van der Waals surface area contributed by atoms with Gasteiger partial charge in [0.1, 0.15) is 12.4 Å². The van der Waals surface area contributed by atoms with E-state index in [9.17, 15) is 26.4 Å². The van der Waals surface area contributed by atoms with Gasteiger partial charge >= 0.3 is 12.1 Å². The zero-order chi connectivity index (χ0) is 26.8. The molecule has 0 unspecified atom stereocenters. The van der Waals surface area contributed by atoms with Gasteiger partial charge < -0.3 is 9.84 Å². The number of sulfonamides is 1. The van der Waals surface area contributed by atoms with E-state index in [1.807, 2.05) is 0 Å². The van der Waals surface area contributed by atoms with Crippen LogP contribution in [0.5, 0.6) is 5.75 Å². The predicted molar refractivity (Wildman–Crippen MR) is 130 cm³/mol. The van der Waals surface area contributed by atoms with Crippen molar-refractivity contribution in [2.75, 3.05) is 10.8 Å². The summed E-state index contributed by atoms with van der Waals surface area (Å²) >= 11 is 0.926. The average molecular weight is 543 g/mol. The van der Waals surface area contributed by atoms with Gasteiger partial charge in [0.25, 0.3) is 10.0 Å². The molecule has 194 valence electrons. The van der Waals surface area contributed by atoms with Crippen molar-refractivity contribution in [1.82, 2.24) is 4.98 Å². The predicted octanol–water partition coefficient (Wildman–Crippen LogP) is 5.91. The summed E-state index contributed by atoms with van der Waals surface area (Å²) in [6.07, 6.45) is -4.68. The smallest absolute Gasteiger partial charge is 0.416 e. The summed E-state index contributed by atoms with van der Waals surface area (Å²) in [7, 11) is -4.19. The van der Waals surface area contributed by atoms with Crippen LogP contribution in [0.15, 0.2) is 46.1 Å². The van der Waals surface area contributed by atoms with Crippen LogP contribution in [-0.4, -0.2) is 31.0 Å². The summed E-state index contributed by atoms with van der Waals surface area (Å²) in [5.41, 5.74) is 0.622. The first kappa shape index (κ1) is 27.5. The summed E-state index contributed by atoms with van der Waals surface area (Å²) in [6, 6.07) is 6.96. The van der Waals surface area contributed by atoms with Crippen LogP contribution in [-0.2, 0) is 22.8 Å². The average Bonchev–Trinajstić information content (AvgIpc) is 3.23. The maximum absolute atomic E-state index is 13.5. The number of ether oxygens (including phenoxy) is 1. The van der Waals surface area contributed by atoms with Crippen LogP contribution in [0.2, 0.25) is 0 Å². The Morgan fingerprint density at radius 3 is 2.39 bits per heavy atom. The highest BCUT2D eigenvalue weighted by molar-refractivity contribution is 7.94. The van der Waals surface area contributed by atoms with Crippen molar-refractivity contribution in [1.29, 1.82) is 0 Å². The van der Waals surface area contributed by atoms with Gasteiger partial charge in [-0.15, -0.1) is 11.3 Å². The third kappa shape index (κ3) is 6.16. The van der Waals surface area contributed by atoms with E-state index >= 15 is 0 Å². The van der Waals surface area contributed by atoms with Gasteiger partial charge in [-0.1, -0.05) is 19.9 Å². The molecule has 2 aromatic carbocycles.